The van der Waals surface area contributed by atoms with Crippen LogP contribution >= 0.6 is 11.6 Å². The highest BCUT2D eigenvalue weighted by Crippen LogP contribution is 2.25. The number of benzene rings is 2. The maximum atomic E-state index is 12.8. The molecular formula is C26H19ClN6O4. The molecule has 0 saturated heterocycles. The third-order valence-corrected chi connectivity index (χ3v) is 5.97. The molecule has 2 aromatic heterocycles. The van der Waals surface area contributed by atoms with Gasteiger partial charge in [-0.2, -0.15) is 5.01 Å². The Labute approximate surface area is 215 Å². The SMILES string of the molecule is O=C(NCCNc1ccnc2cc(Cl)ccc12)c1ccc2c(c1)C(=O)N(NC(=O)c1ccncc1)C2=O. The van der Waals surface area contributed by atoms with Crippen LogP contribution in [0, 0.1) is 0 Å². The van der Waals surface area contributed by atoms with Crippen LogP contribution in [0.1, 0.15) is 41.4 Å². The van der Waals surface area contributed by atoms with Gasteiger partial charge in [0.15, 0.2) is 0 Å². The fourth-order valence-corrected chi connectivity index (χ4v) is 4.07. The van der Waals surface area contributed by atoms with Crippen molar-refractivity contribution in [3.8, 4) is 0 Å². The summed E-state index contributed by atoms with van der Waals surface area (Å²) in [5.41, 5.74) is 4.51. The van der Waals surface area contributed by atoms with Crippen LogP contribution in [0.15, 0.2) is 73.2 Å². The van der Waals surface area contributed by atoms with Gasteiger partial charge in [-0.3, -0.25) is 34.6 Å². The van der Waals surface area contributed by atoms with Crippen LogP contribution in [0.25, 0.3) is 10.9 Å². The number of amides is 4. The number of rotatable bonds is 7. The number of hydrogen-bond donors (Lipinski definition) is 3. The average molecular weight is 515 g/mol. The fraction of sp³-hybridized carbons (Fsp3) is 0.0769. The minimum Gasteiger partial charge on any atom is -0.383 e. The average Bonchev–Trinajstić information content (AvgIpc) is 3.15. The van der Waals surface area contributed by atoms with Crippen molar-refractivity contribution in [2.45, 2.75) is 0 Å². The van der Waals surface area contributed by atoms with E-state index in [9.17, 15) is 19.2 Å². The van der Waals surface area contributed by atoms with Gasteiger partial charge in [0.25, 0.3) is 23.6 Å². The standard InChI is InChI=1S/C26H19ClN6O4/c27-17-2-4-19-21(7-10-29-22(19)14-17)30-11-12-31-23(34)16-1-3-18-20(13-16)26(37)33(25(18)36)32-24(35)15-5-8-28-9-6-15/h1-10,13-14H,11-12H2,(H,29,30)(H,31,34)(H,32,35). The number of hydrazine groups is 1. The Morgan fingerprint density at radius 2 is 1.59 bits per heavy atom. The highest BCUT2D eigenvalue weighted by atomic mass is 35.5. The predicted octanol–water partition coefficient (Wildman–Crippen LogP) is 3.07. The second-order valence-corrected chi connectivity index (χ2v) is 8.52. The minimum absolute atomic E-state index is 0.0349. The molecule has 3 N–H and O–H groups in total. The molecule has 4 amide bonds. The molecule has 4 aromatic rings. The second kappa shape index (κ2) is 10.0. The van der Waals surface area contributed by atoms with Gasteiger partial charge < -0.3 is 10.6 Å². The molecule has 1 aliphatic heterocycles. The lowest BCUT2D eigenvalue weighted by atomic mass is 10.1. The number of halogens is 1. The van der Waals surface area contributed by atoms with Crippen molar-refractivity contribution in [1.82, 2.24) is 25.7 Å². The van der Waals surface area contributed by atoms with Crippen LogP contribution in [-0.4, -0.2) is 51.7 Å². The number of imide groups is 1. The maximum absolute atomic E-state index is 12.8. The summed E-state index contributed by atoms with van der Waals surface area (Å²) < 4.78 is 0. The molecule has 0 unspecified atom stereocenters. The Hall–Kier alpha value is -4.83. The van der Waals surface area contributed by atoms with Crippen LogP contribution < -0.4 is 16.1 Å². The summed E-state index contributed by atoms with van der Waals surface area (Å²) in [4.78, 5) is 58.7. The normalized spacial score (nSPS) is 12.4. The minimum atomic E-state index is -0.719. The van der Waals surface area contributed by atoms with Gasteiger partial charge in [-0.15, -0.1) is 0 Å². The number of pyridine rings is 2. The molecule has 0 radical (unpaired) electrons. The number of fused-ring (bicyclic) bond motifs is 2. The van der Waals surface area contributed by atoms with Crippen molar-refractivity contribution in [2.24, 2.45) is 0 Å². The number of nitrogens with zero attached hydrogens (tertiary/aromatic N) is 3. The molecule has 2 aromatic carbocycles. The first-order valence-electron chi connectivity index (χ1n) is 11.2. The summed E-state index contributed by atoms with van der Waals surface area (Å²) in [6.45, 7) is 0.735. The summed E-state index contributed by atoms with van der Waals surface area (Å²) in [6.07, 6.45) is 4.52. The summed E-state index contributed by atoms with van der Waals surface area (Å²) >= 11 is 6.03. The zero-order valence-corrected chi connectivity index (χ0v) is 20.0. The molecule has 3 heterocycles. The Morgan fingerprint density at radius 3 is 2.41 bits per heavy atom. The second-order valence-electron chi connectivity index (χ2n) is 8.09. The van der Waals surface area contributed by atoms with E-state index in [2.05, 4.69) is 26.0 Å². The topological polar surface area (TPSA) is 133 Å². The lowest BCUT2D eigenvalue weighted by molar-refractivity contribution is 0.0518. The zero-order chi connectivity index (χ0) is 25.9. The van der Waals surface area contributed by atoms with Gasteiger partial charge in [0, 0.05) is 58.9 Å². The van der Waals surface area contributed by atoms with Crippen molar-refractivity contribution in [2.75, 3.05) is 18.4 Å². The van der Waals surface area contributed by atoms with E-state index in [0.717, 1.165) is 16.6 Å². The van der Waals surface area contributed by atoms with Gasteiger partial charge in [-0.1, -0.05) is 11.6 Å². The third kappa shape index (κ3) is 4.82. The van der Waals surface area contributed by atoms with E-state index in [4.69, 9.17) is 11.6 Å². The van der Waals surface area contributed by atoms with Gasteiger partial charge in [-0.25, -0.2) is 0 Å². The molecule has 0 aliphatic carbocycles. The van der Waals surface area contributed by atoms with Gasteiger partial charge >= 0.3 is 0 Å². The molecule has 0 bridgehead atoms. The van der Waals surface area contributed by atoms with E-state index in [-0.39, 0.29) is 22.3 Å². The van der Waals surface area contributed by atoms with Crippen molar-refractivity contribution < 1.29 is 19.2 Å². The summed E-state index contributed by atoms with van der Waals surface area (Å²) in [5.74, 6) is -2.43. The molecule has 5 rings (SSSR count). The first kappa shape index (κ1) is 23.9. The first-order chi connectivity index (χ1) is 17.9. The summed E-state index contributed by atoms with van der Waals surface area (Å²) in [6, 6.07) is 14.4. The molecule has 0 fully saturated rings. The number of anilines is 1. The van der Waals surface area contributed by atoms with Crippen molar-refractivity contribution >= 4 is 51.8 Å². The van der Waals surface area contributed by atoms with Crippen LogP contribution in [0.3, 0.4) is 0 Å². The third-order valence-electron chi connectivity index (χ3n) is 5.74. The molecule has 0 atom stereocenters. The van der Waals surface area contributed by atoms with Crippen LogP contribution in [0.4, 0.5) is 5.69 Å². The molecule has 0 spiro atoms. The van der Waals surface area contributed by atoms with E-state index in [1.54, 1.807) is 18.3 Å². The quantitative estimate of drug-likeness (QED) is 0.255. The van der Waals surface area contributed by atoms with Crippen molar-refractivity contribution in [1.29, 1.82) is 0 Å². The smallest absolute Gasteiger partial charge is 0.280 e. The largest absolute Gasteiger partial charge is 0.383 e. The van der Waals surface area contributed by atoms with Crippen molar-refractivity contribution in [3.63, 3.8) is 0 Å². The molecule has 11 heteroatoms. The highest BCUT2D eigenvalue weighted by Gasteiger charge is 2.37. The lowest BCUT2D eigenvalue weighted by Crippen LogP contribution is -2.45. The van der Waals surface area contributed by atoms with E-state index in [1.165, 1.54) is 42.7 Å². The summed E-state index contributed by atoms with van der Waals surface area (Å²) in [5, 5.41) is 8.19. The van der Waals surface area contributed by atoms with Gasteiger partial charge in [0.1, 0.15) is 0 Å². The van der Waals surface area contributed by atoms with E-state index < -0.39 is 23.6 Å². The van der Waals surface area contributed by atoms with Crippen LogP contribution in [0.5, 0.6) is 0 Å². The van der Waals surface area contributed by atoms with Gasteiger partial charge in [-0.05, 0) is 54.6 Å². The number of nitrogens with one attached hydrogen (secondary N) is 3. The maximum Gasteiger partial charge on any atom is 0.280 e. The number of aromatic nitrogens is 2. The highest BCUT2D eigenvalue weighted by molar-refractivity contribution is 6.31. The molecule has 10 nitrogen and oxygen atoms in total. The van der Waals surface area contributed by atoms with Gasteiger partial charge in [0.2, 0.25) is 0 Å². The Bertz CT molecular complexity index is 1560. The Kier molecular flexibility index (Phi) is 6.48. The summed E-state index contributed by atoms with van der Waals surface area (Å²) in [7, 11) is 0. The molecule has 37 heavy (non-hydrogen) atoms. The number of carbonyl (C=O) groups is 4. The zero-order valence-electron chi connectivity index (χ0n) is 19.2. The molecular weight excluding hydrogens is 496 g/mol. The molecule has 1 aliphatic rings. The molecule has 184 valence electrons. The van der Waals surface area contributed by atoms with Crippen molar-refractivity contribution in [3.05, 3.63) is 100 Å². The monoisotopic (exact) mass is 514 g/mol. The van der Waals surface area contributed by atoms with E-state index in [1.807, 2.05) is 12.1 Å². The number of hydrogen-bond acceptors (Lipinski definition) is 7. The Balaban J connectivity index is 1.20. The van der Waals surface area contributed by atoms with Gasteiger partial charge in [0.05, 0.1) is 16.6 Å². The van der Waals surface area contributed by atoms with E-state index >= 15 is 0 Å². The predicted molar refractivity (Wildman–Crippen MR) is 136 cm³/mol. The number of carbonyl (C=O) groups excluding carboxylic acids is 4. The first-order valence-corrected chi connectivity index (χ1v) is 11.6. The van der Waals surface area contributed by atoms with Crippen LogP contribution in [0.2, 0.25) is 5.02 Å². The molecule has 0 saturated carbocycles. The van der Waals surface area contributed by atoms with E-state index in [0.29, 0.717) is 23.1 Å². The Morgan fingerprint density at radius 1 is 0.811 bits per heavy atom. The lowest BCUT2D eigenvalue weighted by Gasteiger charge is -2.14. The fourth-order valence-electron chi connectivity index (χ4n) is 3.90. The van der Waals surface area contributed by atoms with Crippen LogP contribution in [-0.2, 0) is 0 Å².